The van der Waals surface area contributed by atoms with Crippen molar-refractivity contribution < 1.29 is 14.3 Å². The topological polar surface area (TPSA) is 43.4 Å². The lowest BCUT2D eigenvalue weighted by molar-refractivity contribution is -0.151. The molecule has 0 aliphatic carbocycles. The van der Waals surface area contributed by atoms with Crippen LogP contribution in [0, 0.1) is 5.92 Å². The molecule has 0 N–H and O–H groups in total. The number of allylic oxidation sites excluding steroid dienone is 2. The SMILES string of the molecule is CCCCCCC1=C(CCC(C)CCC=C(C)C)C(=O)OC1=O. The largest absolute Gasteiger partial charge is 0.386 e. The lowest BCUT2D eigenvalue weighted by Crippen LogP contribution is -2.03. The average Bonchev–Trinajstić information content (AvgIpc) is 2.75. The molecule has 0 aromatic carbocycles. The summed E-state index contributed by atoms with van der Waals surface area (Å²) in [6.45, 7) is 8.60. The van der Waals surface area contributed by atoms with Crippen LogP contribution in [0.5, 0.6) is 0 Å². The van der Waals surface area contributed by atoms with E-state index in [-0.39, 0.29) is 0 Å². The Morgan fingerprint density at radius 1 is 1.00 bits per heavy atom. The van der Waals surface area contributed by atoms with Gasteiger partial charge in [0.2, 0.25) is 0 Å². The van der Waals surface area contributed by atoms with Crippen molar-refractivity contribution in [1.29, 1.82) is 0 Å². The minimum absolute atomic E-state index is 0.404. The van der Waals surface area contributed by atoms with Crippen molar-refractivity contribution in [2.24, 2.45) is 5.92 Å². The molecule has 1 atom stereocenters. The first-order valence-electron chi connectivity index (χ1n) is 9.07. The molecular formula is C20H32O3. The number of unbranched alkanes of at least 4 members (excludes halogenated alkanes) is 3. The van der Waals surface area contributed by atoms with Crippen LogP contribution in [0.2, 0.25) is 0 Å². The Hall–Kier alpha value is -1.38. The van der Waals surface area contributed by atoms with Crippen LogP contribution in [-0.4, -0.2) is 11.9 Å². The molecule has 0 spiro atoms. The Balaban J connectivity index is 2.51. The molecule has 0 bridgehead atoms. The second kappa shape index (κ2) is 10.4. The van der Waals surface area contributed by atoms with E-state index in [4.69, 9.17) is 4.74 Å². The van der Waals surface area contributed by atoms with Crippen LogP contribution in [0.25, 0.3) is 0 Å². The Bertz CT molecular complexity index is 467. The highest BCUT2D eigenvalue weighted by atomic mass is 16.6. The molecule has 1 heterocycles. The molecule has 1 unspecified atom stereocenters. The molecule has 0 radical (unpaired) electrons. The Kier molecular flexibility index (Phi) is 8.90. The summed E-state index contributed by atoms with van der Waals surface area (Å²) in [7, 11) is 0. The molecule has 3 nitrogen and oxygen atoms in total. The molecule has 0 aromatic heterocycles. The fourth-order valence-electron chi connectivity index (χ4n) is 2.88. The first kappa shape index (κ1) is 19.7. The number of hydrogen-bond donors (Lipinski definition) is 0. The van der Waals surface area contributed by atoms with E-state index in [2.05, 4.69) is 33.8 Å². The number of hydrogen-bond acceptors (Lipinski definition) is 3. The van der Waals surface area contributed by atoms with Gasteiger partial charge in [0.25, 0.3) is 0 Å². The summed E-state index contributed by atoms with van der Waals surface area (Å²) in [5, 5.41) is 0. The molecule has 3 heteroatoms. The third-order valence-corrected chi connectivity index (χ3v) is 4.42. The third-order valence-electron chi connectivity index (χ3n) is 4.42. The van der Waals surface area contributed by atoms with E-state index in [1.165, 1.54) is 18.4 Å². The molecule has 1 rings (SSSR count). The van der Waals surface area contributed by atoms with Crippen molar-refractivity contribution in [2.75, 3.05) is 0 Å². The molecule has 1 aliphatic rings. The summed E-state index contributed by atoms with van der Waals surface area (Å²) >= 11 is 0. The van der Waals surface area contributed by atoms with Gasteiger partial charge in [0.15, 0.2) is 0 Å². The van der Waals surface area contributed by atoms with Crippen LogP contribution < -0.4 is 0 Å². The van der Waals surface area contributed by atoms with Gasteiger partial charge >= 0.3 is 11.9 Å². The van der Waals surface area contributed by atoms with E-state index in [1.54, 1.807) is 0 Å². The number of ether oxygens (including phenoxy) is 1. The monoisotopic (exact) mass is 320 g/mol. The predicted octanol–water partition coefficient (Wildman–Crippen LogP) is 5.50. The van der Waals surface area contributed by atoms with Crippen LogP contribution in [0.3, 0.4) is 0 Å². The van der Waals surface area contributed by atoms with Gasteiger partial charge in [-0.2, -0.15) is 0 Å². The van der Waals surface area contributed by atoms with Crippen LogP contribution in [0.15, 0.2) is 22.8 Å². The summed E-state index contributed by atoms with van der Waals surface area (Å²) < 4.78 is 4.83. The van der Waals surface area contributed by atoms with Gasteiger partial charge in [-0.3, -0.25) is 0 Å². The molecule has 130 valence electrons. The van der Waals surface area contributed by atoms with Crippen molar-refractivity contribution in [3.05, 3.63) is 22.8 Å². The van der Waals surface area contributed by atoms with Crippen LogP contribution in [0.4, 0.5) is 0 Å². The number of cyclic esters (lactones) is 2. The highest BCUT2D eigenvalue weighted by molar-refractivity contribution is 6.12. The van der Waals surface area contributed by atoms with Crippen LogP contribution in [-0.2, 0) is 14.3 Å². The van der Waals surface area contributed by atoms with E-state index in [9.17, 15) is 9.59 Å². The van der Waals surface area contributed by atoms with Gasteiger partial charge in [-0.1, -0.05) is 44.8 Å². The average molecular weight is 320 g/mol. The molecule has 0 saturated carbocycles. The zero-order valence-corrected chi connectivity index (χ0v) is 15.2. The van der Waals surface area contributed by atoms with Gasteiger partial charge in [-0.05, 0) is 58.3 Å². The number of rotatable bonds is 11. The number of esters is 2. The zero-order valence-electron chi connectivity index (χ0n) is 15.2. The van der Waals surface area contributed by atoms with E-state index in [0.717, 1.165) is 32.1 Å². The lowest BCUT2D eigenvalue weighted by atomic mass is 9.93. The summed E-state index contributed by atoms with van der Waals surface area (Å²) in [6, 6.07) is 0. The maximum Gasteiger partial charge on any atom is 0.342 e. The van der Waals surface area contributed by atoms with E-state index < -0.39 is 11.9 Å². The molecule has 23 heavy (non-hydrogen) atoms. The first-order chi connectivity index (χ1) is 11.0. The van der Waals surface area contributed by atoms with Crippen molar-refractivity contribution in [3.63, 3.8) is 0 Å². The van der Waals surface area contributed by atoms with E-state index >= 15 is 0 Å². The minimum atomic E-state index is -0.406. The fraction of sp³-hybridized carbons (Fsp3) is 0.700. The van der Waals surface area contributed by atoms with E-state index in [1.807, 2.05) is 0 Å². The smallest absolute Gasteiger partial charge is 0.342 e. The molecule has 1 aliphatic heterocycles. The lowest BCUT2D eigenvalue weighted by Gasteiger charge is -2.10. The van der Waals surface area contributed by atoms with Gasteiger partial charge in [-0.15, -0.1) is 0 Å². The van der Waals surface area contributed by atoms with Crippen molar-refractivity contribution in [2.45, 2.75) is 85.5 Å². The molecule has 0 saturated heterocycles. The minimum Gasteiger partial charge on any atom is -0.386 e. The maximum absolute atomic E-state index is 11.9. The summed E-state index contributed by atoms with van der Waals surface area (Å²) in [5.41, 5.74) is 2.63. The first-order valence-corrected chi connectivity index (χ1v) is 9.07. The highest BCUT2D eigenvalue weighted by Crippen LogP contribution is 2.28. The van der Waals surface area contributed by atoms with Crippen LogP contribution >= 0.6 is 0 Å². The Labute approximate surface area is 141 Å². The van der Waals surface area contributed by atoms with Crippen molar-refractivity contribution in [1.82, 2.24) is 0 Å². The van der Waals surface area contributed by atoms with Crippen molar-refractivity contribution in [3.8, 4) is 0 Å². The molecule has 0 amide bonds. The van der Waals surface area contributed by atoms with Gasteiger partial charge < -0.3 is 4.74 Å². The second-order valence-electron chi connectivity index (χ2n) is 6.95. The number of carbonyl (C=O) groups excluding carboxylic acids is 2. The standard InChI is InChI=1S/C20H32O3/c1-5-6-7-8-12-17-18(20(22)23-19(17)21)14-13-16(4)11-9-10-15(2)3/h10,16H,5-9,11-14H2,1-4H3. The summed E-state index contributed by atoms with van der Waals surface area (Å²) in [5.74, 6) is -0.265. The van der Waals surface area contributed by atoms with Gasteiger partial charge in [0.1, 0.15) is 0 Å². The molecule has 0 fully saturated rings. The Morgan fingerprint density at radius 2 is 1.65 bits per heavy atom. The van der Waals surface area contributed by atoms with Crippen molar-refractivity contribution >= 4 is 11.9 Å². The maximum atomic E-state index is 11.9. The third kappa shape index (κ3) is 7.15. The molecular weight excluding hydrogens is 288 g/mol. The Morgan fingerprint density at radius 3 is 2.26 bits per heavy atom. The molecule has 0 aromatic rings. The normalized spacial score (nSPS) is 15.8. The fourth-order valence-corrected chi connectivity index (χ4v) is 2.88. The highest BCUT2D eigenvalue weighted by Gasteiger charge is 2.31. The predicted molar refractivity (Wildman–Crippen MR) is 93.9 cm³/mol. The quantitative estimate of drug-likeness (QED) is 0.218. The van der Waals surface area contributed by atoms with Gasteiger partial charge in [-0.25, -0.2) is 9.59 Å². The summed E-state index contributed by atoms with van der Waals surface area (Å²) in [6.07, 6.45) is 11.2. The van der Waals surface area contributed by atoms with Gasteiger partial charge in [0.05, 0.1) is 0 Å². The summed E-state index contributed by atoms with van der Waals surface area (Å²) in [4.78, 5) is 23.7. The van der Waals surface area contributed by atoms with E-state index in [0.29, 0.717) is 29.9 Å². The zero-order chi connectivity index (χ0) is 17.2. The van der Waals surface area contributed by atoms with Gasteiger partial charge in [0, 0.05) is 11.1 Å². The number of carbonyl (C=O) groups is 2. The van der Waals surface area contributed by atoms with Crippen LogP contribution in [0.1, 0.15) is 85.5 Å². The second-order valence-corrected chi connectivity index (χ2v) is 6.95.